The third kappa shape index (κ3) is 1.92. The predicted octanol–water partition coefficient (Wildman–Crippen LogP) is 1.94. The van der Waals surface area contributed by atoms with Gasteiger partial charge in [0.15, 0.2) is 0 Å². The molecule has 0 aromatic heterocycles. The molecule has 0 amide bonds. The van der Waals surface area contributed by atoms with Crippen LogP contribution >= 0.6 is 0 Å². The number of allylic oxidation sites excluding steroid dienone is 2. The van der Waals surface area contributed by atoms with Crippen molar-refractivity contribution in [2.75, 3.05) is 13.7 Å². The third-order valence-electron chi connectivity index (χ3n) is 3.46. The van der Waals surface area contributed by atoms with Gasteiger partial charge in [-0.1, -0.05) is 24.3 Å². The second-order valence-corrected chi connectivity index (χ2v) is 4.31. The van der Waals surface area contributed by atoms with E-state index in [0.29, 0.717) is 12.5 Å². The largest absolute Gasteiger partial charge is 0.466 e. The van der Waals surface area contributed by atoms with E-state index in [9.17, 15) is 4.79 Å². The van der Waals surface area contributed by atoms with E-state index in [2.05, 4.69) is 12.2 Å². The molecule has 3 nitrogen and oxygen atoms in total. The van der Waals surface area contributed by atoms with Gasteiger partial charge < -0.3 is 9.47 Å². The number of rotatable bonds is 3. The number of carbonyl (C=O) groups is 1. The second-order valence-electron chi connectivity index (χ2n) is 4.31. The Hall–Kier alpha value is -1.09. The van der Waals surface area contributed by atoms with E-state index in [0.717, 1.165) is 6.42 Å². The van der Waals surface area contributed by atoms with Crippen LogP contribution < -0.4 is 0 Å². The molecular weight excluding hydrogens is 204 g/mol. The summed E-state index contributed by atoms with van der Waals surface area (Å²) in [4.78, 5) is 11.8. The molecule has 0 saturated heterocycles. The molecule has 0 aromatic rings. The number of esters is 1. The van der Waals surface area contributed by atoms with Crippen molar-refractivity contribution in [2.24, 2.45) is 17.8 Å². The molecule has 2 bridgehead atoms. The maximum Gasteiger partial charge on any atom is 0.309 e. The molecular formula is C13H18O3. The number of fused-ring (bicyclic) bond motifs is 2. The van der Waals surface area contributed by atoms with Gasteiger partial charge in [0.05, 0.1) is 18.6 Å². The first-order valence-electron chi connectivity index (χ1n) is 5.82. The van der Waals surface area contributed by atoms with Gasteiger partial charge in [0.1, 0.15) is 0 Å². The Balaban J connectivity index is 2.16. The van der Waals surface area contributed by atoms with Crippen molar-refractivity contribution in [2.45, 2.75) is 19.4 Å². The molecule has 0 spiro atoms. The molecule has 0 unspecified atom stereocenters. The summed E-state index contributed by atoms with van der Waals surface area (Å²) in [5.74, 6) is 0.358. The zero-order valence-electron chi connectivity index (χ0n) is 9.76. The van der Waals surface area contributed by atoms with Crippen LogP contribution in [-0.2, 0) is 14.3 Å². The lowest BCUT2D eigenvalue weighted by Gasteiger charge is -2.20. The minimum atomic E-state index is -0.0861. The summed E-state index contributed by atoms with van der Waals surface area (Å²) in [7, 11) is 1.71. The molecule has 0 radical (unpaired) electrons. The van der Waals surface area contributed by atoms with Crippen molar-refractivity contribution in [3.63, 3.8) is 0 Å². The molecule has 1 saturated carbocycles. The highest BCUT2D eigenvalue weighted by molar-refractivity contribution is 5.74. The van der Waals surface area contributed by atoms with Gasteiger partial charge in [-0.2, -0.15) is 0 Å². The summed E-state index contributed by atoms with van der Waals surface area (Å²) in [5.41, 5.74) is 0. The number of hydrogen-bond acceptors (Lipinski definition) is 3. The molecule has 4 atom stereocenters. The van der Waals surface area contributed by atoms with Crippen molar-refractivity contribution in [3.05, 3.63) is 24.3 Å². The monoisotopic (exact) mass is 222 g/mol. The van der Waals surface area contributed by atoms with E-state index >= 15 is 0 Å². The highest BCUT2D eigenvalue weighted by atomic mass is 16.5. The second kappa shape index (κ2) is 4.83. The fraction of sp³-hybridized carbons (Fsp3) is 0.615. The van der Waals surface area contributed by atoms with Crippen LogP contribution in [0.15, 0.2) is 24.3 Å². The van der Waals surface area contributed by atoms with Crippen LogP contribution in [0.3, 0.4) is 0 Å². The molecule has 0 heterocycles. The average Bonchev–Trinajstić information content (AvgIpc) is 2.46. The van der Waals surface area contributed by atoms with Gasteiger partial charge in [0.25, 0.3) is 0 Å². The minimum Gasteiger partial charge on any atom is -0.466 e. The zero-order chi connectivity index (χ0) is 11.5. The Morgan fingerprint density at radius 2 is 2.12 bits per heavy atom. The van der Waals surface area contributed by atoms with Crippen molar-refractivity contribution in [3.8, 4) is 0 Å². The van der Waals surface area contributed by atoms with Crippen LogP contribution in [0.4, 0.5) is 0 Å². The minimum absolute atomic E-state index is 0.0453. The molecule has 2 aliphatic rings. The van der Waals surface area contributed by atoms with Gasteiger partial charge in [0.2, 0.25) is 0 Å². The van der Waals surface area contributed by atoms with E-state index in [1.807, 2.05) is 19.1 Å². The molecule has 2 aliphatic carbocycles. The smallest absolute Gasteiger partial charge is 0.309 e. The maximum absolute atomic E-state index is 11.8. The highest BCUT2D eigenvalue weighted by Crippen LogP contribution is 2.42. The van der Waals surface area contributed by atoms with E-state index in [4.69, 9.17) is 9.47 Å². The first-order valence-corrected chi connectivity index (χ1v) is 5.82. The number of hydrogen-bond donors (Lipinski definition) is 0. The Morgan fingerprint density at radius 3 is 2.81 bits per heavy atom. The molecule has 0 N–H and O–H groups in total. The lowest BCUT2D eigenvalue weighted by molar-refractivity contribution is -0.149. The molecule has 0 aromatic carbocycles. The van der Waals surface area contributed by atoms with E-state index in [1.165, 1.54) is 0 Å². The van der Waals surface area contributed by atoms with Crippen LogP contribution in [-0.4, -0.2) is 25.8 Å². The fourth-order valence-electron chi connectivity index (χ4n) is 2.76. The first kappa shape index (κ1) is 11.4. The van der Waals surface area contributed by atoms with Crippen LogP contribution in [0.5, 0.6) is 0 Å². The van der Waals surface area contributed by atoms with Gasteiger partial charge >= 0.3 is 5.97 Å². The lowest BCUT2D eigenvalue weighted by Crippen LogP contribution is -2.27. The van der Waals surface area contributed by atoms with E-state index in [-0.39, 0.29) is 23.9 Å². The zero-order valence-corrected chi connectivity index (χ0v) is 9.76. The van der Waals surface area contributed by atoms with Crippen LogP contribution in [0.2, 0.25) is 0 Å². The Kier molecular flexibility index (Phi) is 3.44. The summed E-state index contributed by atoms with van der Waals surface area (Å²) in [6, 6.07) is 0. The van der Waals surface area contributed by atoms with E-state index < -0.39 is 0 Å². The molecule has 88 valence electrons. The van der Waals surface area contributed by atoms with Gasteiger partial charge in [-0.05, 0) is 13.3 Å². The van der Waals surface area contributed by atoms with Crippen molar-refractivity contribution in [1.29, 1.82) is 0 Å². The molecule has 16 heavy (non-hydrogen) atoms. The maximum atomic E-state index is 11.8. The highest BCUT2D eigenvalue weighted by Gasteiger charge is 2.45. The standard InChI is InChI=1S/C13H18O3/c1-3-16-13(14)11-8-9-6-4-5-7-10(11)12(9)15-2/h4-7,9-12H,3,8H2,1-2H3/t9-,10-,11-,12-/m0/s1. The summed E-state index contributed by atoms with van der Waals surface area (Å²) < 4.78 is 10.6. The summed E-state index contributed by atoms with van der Waals surface area (Å²) in [6.45, 7) is 2.29. The van der Waals surface area contributed by atoms with Gasteiger partial charge in [-0.3, -0.25) is 4.79 Å². The van der Waals surface area contributed by atoms with Crippen LogP contribution in [0.1, 0.15) is 13.3 Å². The SMILES string of the molecule is CCOC(=O)[C@H]1C[C@@H]2C=CC=C[C@@H]1[C@H]2OC. The number of methoxy groups -OCH3 is 1. The van der Waals surface area contributed by atoms with Crippen LogP contribution in [0.25, 0.3) is 0 Å². The summed E-state index contributed by atoms with van der Waals surface area (Å²) in [5, 5.41) is 0. The molecule has 1 fully saturated rings. The Morgan fingerprint density at radius 1 is 1.38 bits per heavy atom. The average molecular weight is 222 g/mol. The predicted molar refractivity (Wildman–Crippen MR) is 60.8 cm³/mol. The van der Waals surface area contributed by atoms with Gasteiger partial charge in [-0.25, -0.2) is 0 Å². The fourth-order valence-corrected chi connectivity index (χ4v) is 2.76. The normalized spacial score (nSPS) is 36.1. The van der Waals surface area contributed by atoms with Gasteiger partial charge in [0, 0.05) is 18.9 Å². The lowest BCUT2D eigenvalue weighted by atomic mass is 9.94. The first-order chi connectivity index (χ1) is 7.77. The van der Waals surface area contributed by atoms with Crippen molar-refractivity contribution < 1.29 is 14.3 Å². The quantitative estimate of drug-likeness (QED) is 0.685. The molecule has 3 heteroatoms. The third-order valence-corrected chi connectivity index (χ3v) is 3.46. The summed E-state index contributed by atoms with van der Waals surface area (Å²) >= 11 is 0. The summed E-state index contributed by atoms with van der Waals surface area (Å²) in [6.07, 6.45) is 9.19. The van der Waals surface area contributed by atoms with E-state index in [1.54, 1.807) is 7.11 Å². The topological polar surface area (TPSA) is 35.5 Å². The number of carbonyl (C=O) groups excluding carboxylic acids is 1. The Labute approximate surface area is 96.1 Å². The molecule has 2 rings (SSSR count). The number of ether oxygens (including phenoxy) is 2. The Bertz CT molecular complexity index is 319. The van der Waals surface area contributed by atoms with Gasteiger partial charge in [-0.15, -0.1) is 0 Å². The van der Waals surface area contributed by atoms with Crippen molar-refractivity contribution in [1.82, 2.24) is 0 Å². The van der Waals surface area contributed by atoms with Crippen molar-refractivity contribution >= 4 is 5.97 Å². The van der Waals surface area contributed by atoms with Crippen LogP contribution in [0, 0.1) is 17.8 Å². The molecule has 0 aliphatic heterocycles.